The van der Waals surface area contributed by atoms with Crippen molar-refractivity contribution in [2.45, 2.75) is 32.4 Å². The molecule has 0 amide bonds. The van der Waals surface area contributed by atoms with Crippen molar-refractivity contribution >= 4 is 11.3 Å². The fraction of sp³-hybridized carbons (Fsp3) is 0.455. The normalized spacial score (nSPS) is 15.6. The lowest BCUT2D eigenvalue weighted by atomic mass is 10.2. The van der Waals surface area contributed by atoms with Crippen molar-refractivity contribution < 1.29 is 4.52 Å². The molecule has 1 aliphatic rings. The van der Waals surface area contributed by atoms with Crippen LogP contribution in [-0.2, 0) is 6.54 Å². The number of thiophene rings is 1. The Morgan fingerprint density at radius 1 is 1.50 bits per heavy atom. The fourth-order valence-electron chi connectivity index (χ4n) is 1.54. The standard InChI is InChI=1S/C11H13N3OS/c1-7-5-16-6-9(7)11-13-10(14-15-11)4-12-8-2-3-8/h5-6,8,12H,2-4H2,1H3. The number of nitrogens with zero attached hydrogens (tertiary/aromatic N) is 2. The van der Waals surface area contributed by atoms with Gasteiger partial charge in [-0.1, -0.05) is 5.16 Å². The van der Waals surface area contributed by atoms with Crippen LogP contribution in [0, 0.1) is 6.92 Å². The molecule has 1 saturated carbocycles. The van der Waals surface area contributed by atoms with Crippen molar-refractivity contribution in [1.29, 1.82) is 0 Å². The summed E-state index contributed by atoms with van der Waals surface area (Å²) < 4.78 is 5.25. The molecule has 3 rings (SSSR count). The van der Waals surface area contributed by atoms with Crippen LogP contribution in [-0.4, -0.2) is 16.2 Å². The highest BCUT2D eigenvalue weighted by atomic mass is 32.1. The molecule has 0 unspecified atom stereocenters. The third-order valence-electron chi connectivity index (χ3n) is 2.68. The number of hydrogen-bond donors (Lipinski definition) is 1. The molecule has 2 heterocycles. The van der Waals surface area contributed by atoms with Gasteiger partial charge >= 0.3 is 0 Å². The monoisotopic (exact) mass is 235 g/mol. The van der Waals surface area contributed by atoms with E-state index < -0.39 is 0 Å². The highest BCUT2D eigenvalue weighted by Crippen LogP contribution is 2.25. The second-order valence-electron chi connectivity index (χ2n) is 4.14. The molecule has 1 aliphatic carbocycles. The Balaban J connectivity index is 1.74. The third kappa shape index (κ3) is 2.01. The summed E-state index contributed by atoms with van der Waals surface area (Å²) in [7, 11) is 0. The molecule has 0 bridgehead atoms. The number of aryl methyl sites for hydroxylation is 1. The van der Waals surface area contributed by atoms with Gasteiger partial charge in [-0.25, -0.2) is 0 Å². The second-order valence-corrected chi connectivity index (χ2v) is 4.88. The lowest BCUT2D eigenvalue weighted by Gasteiger charge is -1.94. The molecule has 16 heavy (non-hydrogen) atoms. The molecule has 5 heteroatoms. The zero-order valence-corrected chi connectivity index (χ0v) is 9.88. The smallest absolute Gasteiger partial charge is 0.259 e. The number of aromatic nitrogens is 2. The summed E-state index contributed by atoms with van der Waals surface area (Å²) in [5.74, 6) is 1.37. The van der Waals surface area contributed by atoms with Crippen molar-refractivity contribution in [3.05, 3.63) is 22.1 Å². The zero-order valence-electron chi connectivity index (χ0n) is 9.06. The van der Waals surface area contributed by atoms with E-state index in [1.807, 2.05) is 5.38 Å². The molecular formula is C11H13N3OS. The van der Waals surface area contributed by atoms with Gasteiger partial charge in [-0.05, 0) is 30.7 Å². The maximum Gasteiger partial charge on any atom is 0.259 e. The maximum atomic E-state index is 5.25. The van der Waals surface area contributed by atoms with E-state index in [1.54, 1.807) is 11.3 Å². The van der Waals surface area contributed by atoms with Crippen LogP contribution >= 0.6 is 11.3 Å². The Hall–Kier alpha value is -1.20. The van der Waals surface area contributed by atoms with Gasteiger partial charge in [0.05, 0.1) is 12.1 Å². The summed E-state index contributed by atoms with van der Waals surface area (Å²) in [6.07, 6.45) is 2.54. The molecule has 0 spiro atoms. The predicted molar refractivity (Wildman–Crippen MR) is 62.2 cm³/mol. The van der Waals surface area contributed by atoms with Crippen LogP contribution in [0.5, 0.6) is 0 Å². The van der Waals surface area contributed by atoms with Gasteiger partial charge in [0.15, 0.2) is 5.82 Å². The molecular weight excluding hydrogens is 222 g/mol. The average molecular weight is 235 g/mol. The lowest BCUT2D eigenvalue weighted by Crippen LogP contribution is -2.16. The minimum absolute atomic E-state index is 0.631. The summed E-state index contributed by atoms with van der Waals surface area (Å²) in [6, 6.07) is 0.671. The number of rotatable bonds is 4. The van der Waals surface area contributed by atoms with Gasteiger partial charge in [-0.15, -0.1) is 0 Å². The van der Waals surface area contributed by atoms with Gasteiger partial charge in [0.2, 0.25) is 0 Å². The van der Waals surface area contributed by atoms with E-state index >= 15 is 0 Å². The van der Waals surface area contributed by atoms with Crippen molar-refractivity contribution in [3.63, 3.8) is 0 Å². The number of nitrogens with one attached hydrogen (secondary N) is 1. The Kier molecular flexibility index (Phi) is 2.49. The average Bonchev–Trinajstić information content (AvgIpc) is 2.82. The van der Waals surface area contributed by atoms with Crippen LogP contribution in [0.3, 0.4) is 0 Å². The molecule has 1 N–H and O–H groups in total. The van der Waals surface area contributed by atoms with Gasteiger partial charge in [-0.3, -0.25) is 0 Å². The predicted octanol–water partition coefficient (Wildman–Crippen LogP) is 2.36. The van der Waals surface area contributed by atoms with Crippen LogP contribution in [0.4, 0.5) is 0 Å². The van der Waals surface area contributed by atoms with Crippen LogP contribution in [0.15, 0.2) is 15.3 Å². The maximum absolute atomic E-state index is 5.25. The first kappa shape index (κ1) is 9.99. The van der Waals surface area contributed by atoms with E-state index in [4.69, 9.17) is 4.52 Å². The minimum atomic E-state index is 0.631. The molecule has 0 atom stereocenters. The molecule has 0 aromatic carbocycles. The first-order chi connectivity index (χ1) is 7.83. The molecule has 0 saturated heterocycles. The Labute approximate surface area is 97.7 Å². The third-order valence-corrected chi connectivity index (χ3v) is 3.54. The molecule has 84 valence electrons. The van der Waals surface area contributed by atoms with Crippen LogP contribution in [0.25, 0.3) is 11.5 Å². The summed E-state index contributed by atoms with van der Waals surface area (Å²) >= 11 is 1.66. The van der Waals surface area contributed by atoms with Crippen molar-refractivity contribution in [2.75, 3.05) is 0 Å². The SMILES string of the molecule is Cc1cscc1-c1nc(CNC2CC2)no1. The molecule has 2 aromatic rings. The van der Waals surface area contributed by atoms with E-state index in [9.17, 15) is 0 Å². The van der Waals surface area contributed by atoms with Gasteiger partial charge in [-0.2, -0.15) is 16.3 Å². The first-order valence-corrected chi connectivity index (χ1v) is 6.36. The van der Waals surface area contributed by atoms with Crippen molar-refractivity contribution in [3.8, 4) is 11.5 Å². The molecule has 4 nitrogen and oxygen atoms in total. The summed E-state index contributed by atoms with van der Waals surface area (Å²) in [5, 5.41) is 11.5. The van der Waals surface area contributed by atoms with E-state index in [0.29, 0.717) is 18.5 Å². The molecule has 0 radical (unpaired) electrons. The number of hydrogen-bond acceptors (Lipinski definition) is 5. The lowest BCUT2D eigenvalue weighted by molar-refractivity contribution is 0.419. The summed E-state index contributed by atoms with van der Waals surface area (Å²) in [5.41, 5.74) is 2.24. The van der Waals surface area contributed by atoms with E-state index in [1.165, 1.54) is 18.4 Å². The van der Waals surface area contributed by atoms with Crippen LogP contribution in [0.1, 0.15) is 24.2 Å². The van der Waals surface area contributed by atoms with E-state index in [2.05, 4.69) is 27.8 Å². The Morgan fingerprint density at radius 2 is 2.38 bits per heavy atom. The van der Waals surface area contributed by atoms with Crippen molar-refractivity contribution in [1.82, 2.24) is 15.5 Å². The van der Waals surface area contributed by atoms with Crippen molar-refractivity contribution in [2.24, 2.45) is 0 Å². The molecule has 2 aromatic heterocycles. The first-order valence-electron chi connectivity index (χ1n) is 5.42. The molecule has 1 fully saturated rings. The summed E-state index contributed by atoms with van der Waals surface area (Å²) in [4.78, 5) is 4.38. The minimum Gasteiger partial charge on any atom is -0.334 e. The van der Waals surface area contributed by atoms with E-state index in [0.717, 1.165) is 11.4 Å². The quantitative estimate of drug-likeness (QED) is 0.883. The van der Waals surface area contributed by atoms with Gasteiger partial charge in [0, 0.05) is 11.4 Å². The fourth-order valence-corrected chi connectivity index (χ4v) is 2.36. The highest BCUT2D eigenvalue weighted by Gasteiger charge is 2.21. The van der Waals surface area contributed by atoms with Crippen LogP contribution in [0.2, 0.25) is 0 Å². The van der Waals surface area contributed by atoms with Crippen LogP contribution < -0.4 is 5.32 Å². The summed E-state index contributed by atoms with van der Waals surface area (Å²) in [6.45, 7) is 2.76. The largest absolute Gasteiger partial charge is 0.334 e. The molecule has 0 aliphatic heterocycles. The highest BCUT2D eigenvalue weighted by molar-refractivity contribution is 7.08. The second kappa shape index (κ2) is 3.99. The zero-order chi connectivity index (χ0) is 11.0. The van der Waals surface area contributed by atoms with Gasteiger partial charge in [0.25, 0.3) is 5.89 Å². The topological polar surface area (TPSA) is 51.0 Å². The van der Waals surface area contributed by atoms with E-state index in [-0.39, 0.29) is 0 Å². The Bertz CT molecular complexity index is 487. The van der Waals surface area contributed by atoms with Gasteiger partial charge < -0.3 is 9.84 Å². The van der Waals surface area contributed by atoms with Gasteiger partial charge in [0.1, 0.15) is 0 Å². The Morgan fingerprint density at radius 3 is 3.06 bits per heavy atom.